The summed E-state index contributed by atoms with van der Waals surface area (Å²) >= 11 is 0. The fourth-order valence-electron chi connectivity index (χ4n) is 4.19. The van der Waals surface area contributed by atoms with Gasteiger partial charge in [0, 0.05) is 65.3 Å². The van der Waals surface area contributed by atoms with E-state index in [-0.39, 0.29) is 6.10 Å². The van der Waals surface area contributed by atoms with Crippen LogP contribution in [-0.2, 0) is 9.47 Å². The van der Waals surface area contributed by atoms with Gasteiger partial charge in [-0.2, -0.15) is 10.4 Å². The van der Waals surface area contributed by atoms with Crippen LogP contribution in [-0.4, -0.2) is 57.3 Å². The number of nitriles is 1. The van der Waals surface area contributed by atoms with Crippen molar-refractivity contribution in [2.75, 3.05) is 26.4 Å². The average molecular weight is 442 g/mol. The lowest BCUT2D eigenvalue weighted by molar-refractivity contribution is -0.0286. The lowest BCUT2D eigenvalue weighted by Gasteiger charge is -2.25. The third-order valence-corrected chi connectivity index (χ3v) is 6.19. The lowest BCUT2D eigenvalue weighted by atomic mass is 10.0. The zero-order valence-electron chi connectivity index (χ0n) is 17.9. The minimum Gasteiger partial charge on any atom is -0.473 e. The molecule has 0 spiro atoms. The fourth-order valence-corrected chi connectivity index (χ4v) is 4.19. The van der Waals surface area contributed by atoms with Crippen molar-refractivity contribution in [2.24, 2.45) is 0 Å². The molecule has 6 rings (SSSR count). The Kier molecular flexibility index (Phi) is 5.02. The highest BCUT2D eigenvalue weighted by molar-refractivity contribution is 5.95. The molecule has 4 aromatic heterocycles. The Balaban J connectivity index is 1.32. The summed E-state index contributed by atoms with van der Waals surface area (Å²) in [6.07, 6.45) is 11.0. The molecule has 2 saturated heterocycles. The molecule has 2 fully saturated rings. The summed E-state index contributed by atoms with van der Waals surface area (Å²) in [6.45, 7) is 2.73. The number of nitrogens with zero attached hydrogens (tertiary/aromatic N) is 5. The Morgan fingerprint density at radius 2 is 1.88 bits per heavy atom. The van der Waals surface area contributed by atoms with E-state index in [1.165, 1.54) is 0 Å². The predicted octanol–water partition coefficient (Wildman–Crippen LogP) is 3.49. The number of pyridine rings is 2. The minimum absolute atomic E-state index is 0.0245. The van der Waals surface area contributed by atoms with E-state index in [1.807, 2.05) is 35.5 Å². The summed E-state index contributed by atoms with van der Waals surface area (Å²) < 4.78 is 18.6. The number of hydrogen-bond acceptors (Lipinski definition) is 7. The summed E-state index contributed by atoms with van der Waals surface area (Å²) in [5, 5.41) is 15.1. The van der Waals surface area contributed by atoms with Crippen molar-refractivity contribution < 1.29 is 14.2 Å². The van der Waals surface area contributed by atoms with Crippen LogP contribution in [0.4, 0.5) is 0 Å². The Hall–Kier alpha value is -3.74. The van der Waals surface area contributed by atoms with E-state index in [0.29, 0.717) is 43.9 Å². The van der Waals surface area contributed by atoms with E-state index >= 15 is 0 Å². The molecule has 9 nitrogen and oxygen atoms in total. The summed E-state index contributed by atoms with van der Waals surface area (Å²) in [7, 11) is 0. The van der Waals surface area contributed by atoms with Gasteiger partial charge in [-0.05, 0) is 12.1 Å². The van der Waals surface area contributed by atoms with E-state index in [9.17, 15) is 5.26 Å². The molecular weight excluding hydrogens is 420 g/mol. The maximum atomic E-state index is 9.72. The molecular formula is C24H22N6O3. The zero-order chi connectivity index (χ0) is 22.2. The van der Waals surface area contributed by atoms with Gasteiger partial charge in [-0.15, -0.1) is 0 Å². The normalized spacial score (nSPS) is 17.1. The SMILES string of the molecule is N#Cc1cc(-c2c[nH]c3ncc(-c4cnn(C5COC5)c4)cc23)cnc1OC1CCOCC1. The number of nitrogens with one attached hydrogen (secondary N) is 1. The number of rotatable bonds is 5. The highest BCUT2D eigenvalue weighted by Crippen LogP contribution is 2.33. The number of H-pyrrole nitrogens is 1. The van der Waals surface area contributed by atoms with Crippen LogP contribution in [0.25, 0.3) is 33.3 Å². The Morgan fingerprint density at radius 1 is 1.03 bits per heavy atom. The Labute approximate surface area is 189 Å². The molecule has 0 bridgehead atoms. The molecule has 0 radical (unpaired) electrons. The molecule has 1 N–H and O–H groups in total. The number of fused-ring (bicyclic) bond motifs is 1. The van der Waals surface area contributed by atoms with Crippen molar-refractivity contribution >= 4 is 11.0 Å². The standard InChI is InChI=1S/C24H22N6O3/c25-7-15-5-17(9-28-24(15)33-20-1-3-31-4-2-20)22-11-27-23-21(22)6-16(8-26-23)18-10-29-30(12-18)19-13-32-14-19/h5-6,8-12,19-20H,1-4,13-14H2,(H,26,27). The fraction of sp³-hybridized carbons (Fsp3) is 0.333. The second kappa shape index (κ2) is 8.31. The second-order valence-corrected chi connectivity index (χ2v) is 8.34. The van der Waals surface area contributed by atoms with Crippen molar-refractivity contribution in [2.45, 2.75) is 25.0 Å². The molecule has 6 heterocycles. The topological polar surface area (TPSA) is 111 Å². The summed E-state index contributed by atoms with van der Waals surface area (Å²) in [6, 6.07) is 6.45. The van der Waals surface area contributed by atoms with Crippen molar-refractivity contribution in [3.05, 3.63) is 48.7 Å². The van der Waals surface area contributed by atoms with Crippen LogP contribution in [0.1, 0.15) is 24.4 Å². The van der Waals surface area contributed by atoms with Gasteiger partial charge in [0.25, 0.3) is 0 Å². The van der Waals surface area contributed by atoms with E-state index in [0.717, 1.165) is 46.1 Å². The largest absolute Gasteiger partial charge is 0.473 e. The van der Waals surface area contributed by atoms with Crippen molar-refractivity contribution in [3.63, 3.8) is 0 Å². The Bertz CT molecular complexity index is 1340. The van der Waals surface area contributed by atoms with Crippen molar-refractivity contribution in [1.82, 2.24) is 24.7 Å². The van der Waals surface area contributed by atoms with Gasteiger partial charge < -0.3 is 19.2 Å². The molecule has 4 aromatic rings. The van der Waals surface area contributed by atoms with Gasteiger partial charge in [-0.1, -0.05) is 0 Å². The predicted molar refractivity (Wildman–Crippen MR) is 120 cm³/mol. The second-order valence-electron chi connectivity index (χ2n) is 8.34. The molecule has 0 aliphatic carbocycles. The maximum Gasteiger partial charge on any atom is 0.231 e. The first kappa shape index (κ1) is 19.9. The van der Waals surface area contributed by atoms with Crippen LogP contribution in [0.15, 0.2) is 43.1 Å². The van der Waals surface area contributed by atoms with Gasteiger partial charge in [-0.25, -0.2) is 9.97 Å². The number of aromatic nitrogens is 5. The van der Waals surface area contributed by atoms with E-state index < -0.39 is 0 Å². The summed E-state index contributed by atoms with van der Waals surface area (Å²) in [5.41, 5.74) is 4.93. The van der Waals surface area contributed by atoms with Crippen LogP contribution in [0, 0.1) is 11.3 Å². The van der Waals surface area contributed by atoms with E-state index in [4.69, 9.17) is 14.2 Å². The molecule has 9 heteroatoms. The molecule has 0 atom stereocenters. The van der Waals surface area contributed by atoms with Crippen LogP contribution in [0.5, 0.6) is 5.88 Å². The molecule has 0 aromatic carbocycles. The van der Waals surface area contributed by atoms with E-state index in [2.05, 4.69) is 32.2 Å². The lowest BCUT2D eigenvalue weighted by Crippen LogP contribution is -2.30. The van der Waals surface area contributed by atoms with Crippen LogP contribution >= 0.6 is 0 Å². The molecule has 2 aliphatic rings. The van der Waals surface area contributed by atoms with Crippen LogP contribution < -0.4 is 4.74 Å². The molecule has 33 heavy (non-hydrogen) atoms. The molecule has 0 unspecified atom stereocenters. The average Bonchev–Trinajstić information content (AvgIpc) is 3.46. The number of hydrogen-bond donors (Lipinski definition) is 1. The van der Waals surface area contributed by atoms with Crippen LogP contribution in [0.3, 0.4) is 0 Å². The third-order valence-electron chi connectivity index (χ3n) is 6.19. The molecule has 2 aliphatic heterocycles. The smallest absolute Gasteiger partial charge is 0.231 e. The molecule has 0 amide bonds. The number of aromatic amines is 1. The van der Waals surface area contributed by atoms with Gasteiger partial charge in [0.2, 0.25) is 5.88 Å². The van der Waals surface area contributed by atoms with E-state index in [1.54, 1.807) is 6.20 Å². The van der Waals surface area contributed by atoms with Gasteiger partial charge in [0.05, 0.1) is 38.7 Å². The summed E-state index contributed by atoms with van der Waals surface area (Å²) in [5.74, 6) is 0.374. The number of ether oxygens (including phenoxy) is 3. The quantitative estimate of drug-likeness (QED) is 0.504. The van der Waals surface area contributed by atoms with Gasteiger partial charge in [0.15, 0.2) is 0 Å². The third kappa shape index (κ3) is 3.73. The highest BCUT2D eigenvalue weighted by atomic mass is 16.5. The van der Waals surface area contributed by atoms with Gasteiger partial charge in [-0.3, -0.25) is 4.68 Å². The molecule has 0 saturated carbocycles. The first-order valence-corrected chi connectivity index (χ1v) is 11.0. The molecule has 166 valence electrons. The van der Waals surface area contributed by atoms with Crippen LogP contribution in [0.2, 0.25) is 0 Å². The van der Waals surface area contributed by atoms with Crippen molar-refractivity contribution in [3.8, 4) is 34.2 Å². The van der Waals surface area contributed by atoms with Gasteiger partial charge in [0.1, 0.15) is 23.4 Å². The maximum absolute atomic E-state index is 9.72. The zero-order valence-corrected chi connectivity index (χ0v) is 17.9. The van der Waals surface area contributed by atoms with Gasteiger partial charge >= 0.3 is 0 Å². The first-order valence-electron chi connectivity index (χ1n) is 11.0. The minimum atomic E-state index is 0.0245. The summed E-state index contributed by atoms with van der Waals surface area (Å²) in [4.78, 5) is 12.3. The Morgan fingerprint density at radius 3 is 2.67 bits per heavy atom. The van der Waals surface area contributed by atoms with Crippen molar-refractivity contribution in [1.29, 1.82) is 5.26 Å². The highest BCUT2D eigenvalue weighted by Gasteiger charge is 2.22. The first-order chi connectivity index (χ1) is 16.3. The monoisotopic (exact) mass is 442 g/mol.